The van der Waals surface area contributed by atoms with E-state index in [0.717, 1.165) is 16.8 Å². The summed E-state index contributed by atoms with van der Waals surface area (Å²) in [6.07, 6.45) is 3.31. The summed E-state index contributed by atoms with van der Waals surface area (Å²) in [4.78, 5) is 22.4. The lowest BCUT2D eigenvalue weighted by molar-refractivity contribution is -0.129. The van der Waals surface area contributed by atoms with Gasteiger partial charge in [-0.05, 0) is 24.6 Å². The van der Waals surface area contributed by atoms with Gasteiger partial charge in [0.2, 0.25) is 5.91 Å². The molecule has 2 heterocycles. The van der Waals surface area contributed by atoms with E-state index in [9.17, 15) is 4.79 Å². The predicted molar refractivity (Wildman–Crippen MR) is 89.2 cm³/mol. The van der Waals surface area contributed by atoms with Crippen molar-refractivity contribution in [2.75, 3.05) is 14.1 Å². The summed E-state index contributed by atoms with van der Waals surface area (Å²) in [5.41, 5.74) is 3.86. The van der Waals surface area contributed by atoms with Gasteiger partial charge >= 0.3 is 0 Å². The molecule has 3 aromatic rings. The van der Waals surface area contributed by atoms with Crippen molar-refractivity contribution < 1.29 is 4.79 Å². The molecule has 0 atom stereocenters. The first-order chi connectivity index (χ1) is 11.0. The number of carbonyl (C=O) groups is 1. The number of carbonyl (C=O) groups excluding carboxylic acids is 1. The van der Waals surface area contributed by atoms with Crippen LogP contribution < -0.4 is 0 Å². The van der Waals surface area contributed by atoms with E-state index < -0.39 is 0 Å². The number of hydrogen-bond acceptors (Lipinski definition) is 4. The van der Waals surface area contributed by atoms with Crippen LogP contribution >= 0.6 is 11.6 Å². The van der Waals surface area contributed by atoms with Crippen molar-refractivity contribution >= 4 is 28.7 Å². The Morgan fingerprint density at radius 3 is 2.78 bits per heavy atom. The van der Waals surface area contributed by atoms with Gasteiger partial charge in [0.05, 0.1) is 18.1 Å². The van der Waals surface area contributed by atoms with Gasteiger partial charge in [-0.1, -0.05) is 17.7 Å². The van der Waals surface area contributed by atoms with Crippen molar-refractivity contribution in [2.45, 2.75) is 13.5 Å². The molecule has 0 N–H and O–H groups in total. The summed E-state index contributed by atoms with van der Waals surface area (Å²) in [5, 5.41) is 4.92. The van der Waals surface area contributed by atoms with Gasteiger partial charge in [-0.3, -0.25) is 4.79 Å². The van der Waals surface area contributed by atoms with E-state index in [4.69, 9.17) is 11.6 Å². The Balaban J connectivity index is 2.03. The van der Waals surface area contributed by atoms with E-state index in [0.29, 0.717) is 16.2 Å². The lowest BCUT2D eigenvalue weighted by Gasteiger charge is -2.10. The molecule has 0 fully saturated rings. The number of halogens is 1. The third-order valence-corrected chi connectivity index (χ3v) is 4.01. The van der Waals surface area contributed by atoms with Crippen LogP contribution in [0.1, 0.15) is 5.56 Å². The molecule has 0 saturated carbocycles. The molecule has 0 aliphatic heterocycles. The summed E-state index contributed by atoms with van der Waals surface area (Å²) in [6.45, 7) is 2.08. The van der Waals surface area contributed by atoms with Gasteiger partial charge in [0.15, 0.2) is 5.65 Å². The molecule has 0 radical (unpaired) electrons. The van der Waals surface area contributed by atoms with Crippen molar-refractivity contribution in [3.8, 4) is 11.3 Å². The van der Waals surface area contributed by atoms with Crippen molar-refractivity contribution in [3.05, 3.63) is 41.2 Å². The number of aromatic nitrogens is 4. The van der Waals surface area contributed by atoms with Gasteiger partial charge in [-0.2, -0.15) is 5.10 Å². The molecule has 2 aromatic heterocycles. The highest BCUT2D eigenvalue weighted by Gasteiger charge is 2.12. The van der Waals surface area contributed by atoms with Gasteiger partial charge in [0, 0.05) is 24.7 Å². The normalized spacial score (nSPS) is 11.0. The van der Waals surface area contributed by atoms with Crippen LogP contribution in [0.3, 0.4) is 0 Å². The minimum atomic E-state index is -0.0514. The number of benzene rings is 1. The van der Waals surface area contributed by atoms with E-state index >= 15 is 0 Å². The van der Waals surface area contributed by atoms with E-state index in [2.05, 4.69) is 15.1 Å². The summed E-state index contributed by atoms with van der Waals surface area (Å²) in [5.74, 6) is -0.0514. The summed E-state index contributed by atoms with van der Waals surface area (Å²) in [6, 6.07) is 5.70. The maximum atomic E-state index is 11.9. The Labute approximate surface area is 138 Å². The fourth-order valence-electron chi connectivity index (χ4n) is 2.18. The second kappa shape index (κ2) is 5.96. The molecular weight excluding hydrogens is 314 g/mol. The molecule has 0 aliphatic rings. The van der Waals surface area contributed by atoms with Gasteiger partial charge in [0.1, 0.15) is 12.1 Å². The second-order valence-corrected chi connectivity index (χ2v) is 5.93. The standard InChI is InChI=1S/C16H16ClN5O/c1-10-6-11(4-5-12(10)17)13-7-18-14-8-19-22(16(14)20-13)9-15(23)21(2)3/h4-8H,9H2,1-3H3. The number of nitrogens with zero attached hydrogens (tertiary/aromatic N) is 5. The monoisotopic (exact) mass is 329 g/mol. The molecule has 0 aliphatic carbocycles. The zero-order chi connectivity index (χ0) is 16.6. The largest absolute Gasteiger partial charge is 0.347 e. The molecule has 3 rings (SSSR count). The molecule has 23 heavy (non-hydrogen) atoms. The van der Waals surface area contributed by atoms with Crippen LogP contribution in [0.5, 0.6) is 0 Å². The van der Waals surface area contributed by atoms with Gasteiger partial charge in [-0.15, -0.1) is 0 Å². The van der Waals surface area contributed by atoms with Gasteiger partial charge in [0.25, 0.3) is 0 Å². The highest BCUT2D eigenvalue weighted by atomic mass is 35.5. The number of amides is 1. The predicted octanol–water partition coefficient (Wildman–Crippen LogP) is 2.54. The Kier molecular flexibility index (Phi) is 4.00. The quantitative estimate of drug-likeness (QED) is 0.740. The molecule has 0 unspecified atom stereocenters. The SMILES string of the molecule is Cc1cc(-c2cnc3cnn(CC(=O)N(C)C)c3n2)ccc1Cl. The number of hydrogen-bond donors (Lipinski definition) is 0. The average Bonchev–Trinajstić information content (AvgIpc) is 2.92. The number of aryl methyl sites for hydroxylation is 1. The van der Waals surface area contributed by atoms with Gasteiger partial charge in [-0.25, -0.2) is 14.6 Å². The number of rotatable bonds is 3. The Morgan fingerprint density at radius 1 is 1.30 bits per heavy atom. The van der Waals surface area contributed by atoms with Crippen LogP contribution in [0, 0.1) is 6.92 Å². The van der Waals surface area contributed by atoms with Crippen molar-refractivity contribution in [1.82, 2.24) is 24.6 Å². The second-order valence-electron chi connectivity index (χ2n) is 5.52. The Bertz CT molecular complexity index is 887. The molecule has 118 valence electrons. The van der Waals surface area contributed by atoms with Crippen molar-refractivity contribution in [1.29, 1.82) is 0 Å². The molecule has 1 amide bonds. The van der Waals surface area contributed by atoms with Crippen LogP contribution in [-0.4, -0.2) is 44.7 Å². The molecular formula is C16H16ClN5O. The van der Waals surface area contributed by atoms with Gasteiger partial charge < -0.3 is 4.90 Å². The summed E-state index contributed by atoms with van der Waals surface area (Å²) < 4.78 is 1.57. The molecule has 1 aromatic carbocycles. The van der Waals surface area contributed by atoms with E-state index in [-0.39, 0.29) is 12.5 Å². The first kappa shape index (κ1) is 15.4. The van der Waals surface area contributed by atoms with Crippen molar-refractivity contribution in [3.63, 3.8) is 0 Å². The minimum absolute atomic E-state index is 0.0514. The Morgan fingerprint density at radius 2 is 2.09 bits per heavy atom. The third kappa shape index (κ3) is 3.03. The first-order valence-electron chi connectivity index (χ1n) is 7.11. The number of likely N-dealkylation sites (N-methyl/N-ethyl adjacent to an activating group) is 1. The van der Waals surface area contributed by atoms with Crippen LogP contribution in [0.25, 0.3) is 22.4 Å². The van der Waals surface area contributed by atoms with E-state index in [1.54, 1.807) is 31.2 Å². The molecule has 7 heteroatoms. The highest BCUT2D eigenvalue weighted by Crippen LogP contribution is 2.24. The molecule has 0 saturated heterocycles. The van der Waals surface area contributed by atoms with E-state index in [1.165, 1.54) is 4.90 Å². The van der Waals surface area contributed by atoms with E-state index in [1.807, 2.05) is 25.1 Å². The maximum Gasteiger partial charge on any atom is 0.243 e. The van der Waals surface area contributed by atoms with Crippen molar-refractivity contribution in [2.24, 2.45) is 0 Å². The first-order valence-corrected chi connectivity index (χ1v) is 7.49. The van der Waals surface area contributed by atoms with Crippen LogP contribution in [0.4, 0.5) is 0 Å². The Hall–Kier alpha value is -2.47. The van der Waals surface area contributed by atoms with Crippen LogP contribution in [0.2, 0.25) is 5.02 Å². The molecule has 0 spiro atoms. The summed E-state index contributed by atoms with van der Waals surface area (Å²) in [7, 11) is 3.42. The fourth-order valence-corrected chi connectivity index (χ4v) is 2.29. The molecule has 6 nitrogen and oxygen atoms in total. The van der Waals surface area contributed by atoms with Crippen LogP contribution in [0.15, 0.2) is 30.6 Å². The smallest absolute Gasteiger partial charge is 0.243 e. The lowest BCUT2D eigenvalue weighted by Crippen LogP contribution is -2.26. The van der Waals surface area contributed by atoms with Crippen LogP contribution in [-0.2, 0) is 11.3 Å². The summed E-state index contributed by atoms with van der Waals surface area (Å²) >= 11 is 6.07. The molecule has 0 bridgehead atoms. The third-order valence-electron chi connectivity index (χ3n) is 3.58. The zero-order valence-corrected chi connectivity index (χ0v) is 13.9. The number of fused-ring (bicyclic) bond motifs is 1. The zero-order valence-electron chi connectivity index (χ0n) is 13.1. The minimum Gasteiger partial charge on any atom is -0.347 e. The highest BCUT2D eigenvalue weighted by molar-refractivity contribution is 6.31. The maximum absolute atomic E-state index is 11.9. The topological polar surface area (TPSA) is 63.9 Å². The average molecular weight is 330 g/mol. The fraction of sp³-hybridized carbons (Fsp3) is 0.250. The lowest BCUT2D eigenvalue weighted by atomic mass is 10.1.